The van der Waals surface area contributed by atoms with Gasteiger partial charge in [0.15, 0.2) is 11.5 Å². The molecule has 0 amide bonds. The second kappa shape index (κ2) is 6.77. The lowest BCUT2D eigenvalue weighted by Crippen LogP contribution is -2.40. The van der Waals surface area contributed by atoms with Crippen LogP contribution < -0.4 is 0 Å². The number of hydrogen-bond acceptors (Lipinski definition) is 5. The Hall–Kier alpha value is -2.32. The van der Waals surface area contributed by atoms with Crippen LogP contribution in [0.25, 0.3) is 16.8 Å². The van der Waals surface area contributed by atoms with Gasteiger partial charge in [-0.15, -0.1) is 0 Å². The minimum Gasteiger partial charge on any atom is -0.265 e. The van der Waals surface area contributed by atoms with Crippen LogP contribution in [0.15, 0.2) is 42.9 Å². The Morgan fingerprint density at radius 3 is 2.73 bits per heavy atom. The smallest absolute Gasteiger partial charge is 0.213 e. The molecule has 3 aromatic rings. The maximum atomic E-state index is 12.2. The molecule has 8 heteroatoms. The molecule has 1 unspecified atom stereocenters. The van der Waals surface area contributed by atoms with Crippen LogP contribution in [0, 0.1) is 0 Å². The van der Waals surface area contributed by atoms with Crippen LogP contribution in [0.5, 0.6) is 0 Å². The minimum absolute atomic E-state index is 0.0364. The summed E-state index contributed by atoms with van der Waals surface area (Å²) in [5.74, 6) is 0.885. The third-order valence-corrected chi connectivity index (χ3v) is 6.72. The molecule has 1 fully saturated rings. The van der Waals surface area contributed by atoms with Gasteiger partial charge in [0.25, 0.3) is 0 Å². The van der Waals surface area contributed by atoms with Gasteiger partial charge < -0.3 is 0 Å². The van der Waals surface area contributed by atoms with Crippen molar-refractivity contribution in [1.29, 1.82) is 0 Å². The van der Waals surface area contributed by atoms with Crippen molar-refractivity contribution in [3.05, 3.63) is 48.7 Å². The van der Waals surface area contributed by atoms with E-state index in [1.807, 2.05) is 30.5 Å². The molecule has 7 nitrogen and oxygen atoms in total. The van der Waals surface area contributed by atoms with Crippen molar-refractivity contribution < 1.29 is 8.42 Å². The van der Waals surface area contributed by atoms with Crippen molar-refractivity contribution in [2.75, 3.05) is 18.8 Å². The summed E-state index contributed by atoms with van der Waals surface area (Å²) in [5.41, 5.74) is 2.88. The summed E-state index contributed by atoms with van der Waals surface area (Å²) in [7, 11) is -3.17. The van der Waals surface area contributed by atoms with E-state index in [1.165, 1.54) is 0 Å². The first-order valence-electron chi connectivity index (χ1n) is 8.81. The molecule has 0 N–H and O–H groups in total. The third-order valence-electron chi connectivity index (χ3n) is 4.87. The number of hydrogen-bond donors (Lipinski definition) is 0. The number of nitrogens with zero attached hydrogens (tertiary/aromatic N) is 5. The van der Waals surface area contributed by atoms with E-state index in [4.69, 9.17) is 0 Å². The van der Waals surface area contributed by atoms with Gasteiger partial charge in [-0.05, 0) is 49.6 Å². The second-order valence-electron chi connectivity index (χ2n) is 6.52. The first-order chi connectivity index (χ1) is 12.6. The number of sulfonamides is 1. The van der Waals surface area contributed by atoms with Crippen molar-refractivity contribution in [2.24, 2.45) is 0 Å². The standard InChI is InChI=1S/C18H21N5O2S/c1-2-26(24,25)22-11-3-4-16(12-22)18-20-17-6-5-15(13-23(17)21-18)14-7-9-19-10-8-14/h5-10,13,16H,2-4,11-12H2,1H3. The van der Waals surface area contributed by atoms with Crippen LogP contribution in [0.3, 0.4) is 0 Å². The van der Waals surface area contributed by atoms with Crippen molar-refractivity contribution in [1.82, 2.24) is 23.9 Å². The van der Waals surface area contributed by atoms with E-state index < -0.39 is 10.0 Å². The lowest BCUT2D eigenvalue weighted by atomic mass is 9.99. The van der Waals surface area contributed by atoms with Gasteiger partial charge in [-0.3, -0.25) is 4.98 Å². The Balaban J connectivity index is 1.63. The number of rotatable bonds is 4. The molecular formula is C18H21N5O2S. The van der Waals surface area contributed by atoms with Crippen LogP contribution in [0.4, 0.5) is 0 Å². The lowest BCUT2D eigenvalue weighted by Gasteiger charge is -2.30. The van der Waals surface area contributed by atoms with Gasteiger partial charge in [0, 0.05) is 43.2 Å². The fourth-order valence-electron chi connectivity index (χ4n) is 3.38. The number of piperidine rings is 1. The first kappa shape index (κ1) is 17.1. The predicted molar refractivity (Wildman–Crippen MR) is 99.2 cm³/mol. The zero-order chi connectivity index (χ0) is 18.1. The summed E-state index contributed by atoms with van der Waals surface area (Å²) in [6.45, 7) is 2.74. The first-order valence-corrected chi connectivity index (χ1v) is 10.4. The summed E-state index contributed by atoms with van der Waals surface area (Å²) < 4.78 is 27.7. The van der Waals surface area contributed by atoms with E-state index in [2.05, 4.69) is 15.1 Å². The zero-order valence-corrected chi connectivity index (χ0v) is 15.4. The maximum absolute atomic E-state index is 12.2. The molecule has 0 aromatic carbocycles. The molecule has 136 valence electrons. The molecule has 1 aliphatic heterocycles. The highest BCUT2D eigenvalue weighted by Gasteiger charge is 2.30. The molecule has 1 aliphatic rings. The number of aromatic nitrogens is 4. The highest BCUT2D eigenvalue weighted by Crippen LogP contribution is 2.27. The highest BCUT2D eigenvalue weighted by molar-refractivity contribution is 7.89. The molecule has 1 atom stereocenters. The Morgan fingerprint density at radius 2 is 1.96 bits per heavy atom. The van der Waals surface area contributed by atoms with Gasteiger partial charge in [-0.2, -0.15) is 5.10 Å². The average Bonchev–Trinajstić information content (AvgIpc) is 3.12. The van der Waals surface area contributed by atoms with Crippen LogP contribution >= 0.6 is 0 Å². The minimum atomic E-state index is -3.17. The fourth-order valence-corrected chi connectivity index (χ4v) is 4.56. The van der Waals surface area contributed by atoms with E-state index in [0.29, 0.717) is 18.9 Å². The maximum Gasteiger partial charge on any atom is 0.213 e. The van der Waals surface area contributed by atoms with E-state index >= 15 is 0 Å². The highest BCUT2D eigenvalue weighted by atomic mass is 32.2. The molecule has 3 aromatic heterocycles. The summed E-state index contributed by atoms with van der Waals surface area (Å²) >= 11 is 0. The summed E-state index contributed by atoms with van der Waals surface area (Å²) in [6, 6.07) is 7.86. The van der Waals surface area contributed by atoms with Crippen molar-refractivity contribution in [3.8, 4) is 11.1 Å². The molecule has 0 bridgehead atoms. The molecular weight excluding hydrogens is 350 g/mol. The summed E-state index contributed by atoms with van der Waals surface area (Å²) in [4.78, 5) is 8.68. The van der Waals surface area contributed by atoms with E-state index in [-0.39, 0.29) is 11.7 Å². The zero-order valence-electron chi connectivity index (χ0n) is 14.6. The summed E-state index contributed by atoms with van der Waals surface area (Å²) in [5, 5.41) is 4.63. The number of fused-ring (bicyclic) bond motifs is 1. The van der Waals surface area contributed by atoms with Gasteiger partial charge in [-0.1, -0.05) is 0 Å². The Labute approximate surface area is 152 Å². The average molecular weight is 371 g/mol. The Kier molecular flexibility index (Phi) is 4.46. The van der Waals surface area contributed by atoms with Crippen LogP contribution in [0.2, 0.25) is 0 Å². The van der Waals surface area contributed by atoms with E-state index in [0.717, 1.165) is 29.6 Å². The van der Waals surface area contributed by atoms with Crippen molar-refractivity contribution in [3.63, 3.8) is 0 Å². The van der Waals surface area contributed by atoms with Crippen molar-refractivity contribution >= 4 is 15.7 Å². The topological polar surface area (TPSA) is 80.5 Å². The molecule has 1 saturated heterocycles. The Bertz CT molecular complexity index is 1020. The third kappa shape index (κ3) is 3.22. The molecule has 26 heavy (non-hydrogen) atoms. The molecule has 4 heterocycles. The quantitative estimate of drug-likeness (QED) is 0.703. The van der Waals surface area contributed by atoms with Crippen LogP contribution in [0.1, 0.15) is 31.5 Å². The van der Waals surface area contributed by atoms with Gasteiger partial charge in [0.1, 0.15) is 0 Å². The second-order valence-corrected chi connectivity index (χ2v) is 8.78. The molecule has 4 rings (SSSR count). The normalized spacial score (nSPS) is 19.0. The summed E-state index contributed by atoms with van der Waals surface area (Å²) in [6.07, 6.45) is 7.21. The van der Waals surface area contributed by atoms with Gasteiger partial charge in [0.05, 0.1) is 5.75 Å². The van der Waals surface area contributed by atoms with Gasteiger partial charge in [0.2, 0.25) is 10.0 Å². The van der Waals surface area contributed by atoms with Crippen molar-refractivity contribution in [2.45, 2.75) is 25.7 Å². The van der Waals surface area contributed by atoms with Crippen LogP contribution in [-0.4, -0.2) is 51.1 Å². The molecule has 0 saturated carbocycles. The largest absolute Gasteiger partial charge is 0.265 e. The predicted octanol–water partition coefficient (Wildman–Crippen LogP) is 2.32. The number of pyridine rings is 2. The molecule has 0 aliphatic carbocycles. The Morgan fingerprint density at radius 1 is 1.15 bits per heavy atom. The lowest BCUT2D eigenvalue weighted by molar-refractivity contribution is 0.309. The van der Waals surface area contributed by atoms with Crippen LogP contribution in [-0.2, 0) is 10.0 Å². The van der Waals surface area contributed by atoms with E-state index in [9.17, 15) is 8.42 Å². The molecule has 0 radical (unpaired) electrons. The van der Waals surface area contributed by atoms with Gasteiger partial charge >= 0.3 is 0 Å². The fraction of sp³-hybridized carbons (Fsp3) is 0.389. The van der Waals surface area contributed by atoms with E-state index in [1.54, 1.807) is 28.1 Å². The molecule has 0 spiro atoms. The van der Waals surface area contributed by atoms with Gasteiger partial charge in [-0.25, -0.2) is 22.2 Å². The SMILES string of the molecule is CCS(=O)(=O)N1CCCC(c2nc3ccc(-c4ccncc4)cn3n2)C1. The monoisotopic (exact) mass is 371 g/mol.